The minimum absolute atomic E-state index is 0. The largest absolute Gasteiger partial charge is 2.00 e. The summed E-state index contributed by atoms with van der Waals surface area (Å²) in [6.45, 7) is 20.0. The molecular weight excluding hydrogens is 234 g/mol. The minimum atomic E-state index is 0. The summed E-state index contributed by atoms with van der Waals surface area (Å²) >= 11 is 0. The molecule has 0 nitrogen and oxygen atoms in total. The Morgan fingerprint density at radius 1 is 0.692 bits per heavy atom. The summed E-state index contributed by atoms with van der Waals surface area (Å²) in [6.07, 6.45) is 0. The van der Waals surface area contributed by atoms with Crippen LogP contribution in [0.25, 0.3) is 0 Å². The number of rotatable bonds is 0. The predicted octanol–water partition coefficient (Wildman–Crippen LogP) is 4.18. The third-order valence-electron chi connectivity index (χ3n) is 0. The van der Waals surface area contributed by atoms with Gasteiger partial charge in [-0.25, -0.2) is 0 Å². The zero-order valence-electron chi connectivity index (χ0n) is 10.3. The van der Waals surface area contributed by atoms with Crippen LogP contribution in [0.3, 0.4) is 0 Å². The molecule has 0 heterocycles. The van der Waals surface area contributed by atoms with Gasteiger partial charge in [-0.2, -0.15) is 10.8 Å². The molecule has 0 N–H and O–H groups in total. The van der Waals surface area contributed by atoms with Crippen molar-refractivity contribution in [3.8, 4) is 0 Å². The Bertz CT molecular complexity index is 51.1. The van der Waals surface area contributed by atoms with Crippen molar-refractivity contribution in [1.82, 2.24) is 0 Å². The average Bonchev–Trinajstić information content (AvgIpc) is 1.12. The standard InChI is InChI=1S/2C5H11.CH3.2V/c2*1-5(2,3)4;;;/h2*1H2,2-4H3;1H3;;/q3*-1;;+2. The molecule has 2 radical (unpaired) electrons. The second-order valence-corrected chi connectivity index (χ2v) is 5.12. The van der Waals surface area contributed by atoms with Crippen LogP contribution in [0.4, 0.5) is 0 Å². The van der Waals surface area contributed by atoms with Gasteiger partial charge in [-0.3, -0.25) is 0 Å². The quantitative estimate of drug-likeness (QED) is 0.572. The van der Waals surface area contributed by atoms with Gasteiger partial charge in [-0.05, 0) is 0 Å². The van der Waals surface area contributed by atoms with Gasteiger partial charge in [0, 0.05) is 18.6 Å². The summed E-state index contributed by atoms with van der Waals surface area (Å²) in [5, 5.41) is 0. The van der Waals surface area contributed by atoms with E-state index in [0.29, 0.717) is 0 Å². The second-order valence-electron chi connectivity index (χ2n) is 5.12. The molecule has 0 fully saturated rings. The van der Waals surface area contributed by atoms with Crippen molar-refractivity contribution in [1.29, 1.82) is 0 Å². The van der Waals surface area contributed by atoms with Crippen molar-refractivity contribution in [2.75, 3.05) is 0 Å². The summed E-state index contributed by atoms with van der Waals surface area (Å²) in [4.78, 5) is 0. The van der Waals surface area contributed by atoms with E-state index in [1.807, 2.05) is 0 Å². The maximum absolute atomic E-state index is 3.77. The fraction of sp³-hybridized carbons (Fsp3) is 0.727. The molecule has 0 aromatic carbocycles. The van der Waals surface area contributed by atoms with Crippen LogP contribution >= 0.6 is 0 Å². The summed E-state index contributed by atoms with van der Waals surface area (Å²) in [5.41, 5.74) is 0.500. The Morgan fingerprint density at radius 2 is 0.692 bits per heavy atom. The Balaban J connectivity index is -0.0000000267. The van der Waals surface area contributed by atoms with Crippen molar-refractivity contribution in [2.24, 2.45) is 10.8 Å². The molecule has 0 aromatic heterocycles. The molecule has 0 aliphatic carbocycles. The predicted molar refractivity (Wildman–Crippen MR) is 56.0 cm³/mol. The van der Waals surface area contributed by atoms with Crippen molar-refractivity contribution in [3.05, 3.63) is 21.3 Å². The van der Waals surface area contributed by atoms with E-state index in [-0.39, 0.29) is 55.4 Å². The Morgan fingerprint density at radius 3 is 0.692 bits per heavy atom. The van der Waals surface area contributed by atoms with Crippen LogP contribution in [-0.2, 0) is 37.1 Å². The zero-order chi connectivity index (χ0) is 9.00. The average molecular weight is 259 g/mol. The monoisotopic (exact) mass is 259 g/mol. The van der Waals surface area contributed by atoms with Gasteiger partial charge in [-0.1, -0.05) is 41.5 Å². The topological polar surface area (TPSA) is 0 Å². The molecule has 80 valence electrons. The van der Waals surface area contributed by atoms with Gasteiger partial charge in [0.1, 0.15) is 0 Å². The van der Waals surface area contributed by atoms with Crippen LogP contribution in [0, 0.1) is 32.1 Å². The molecular formula is C11H25V2-. The zero-order valence-corrected chi connectivity index (χ0v) is 13.1. The molecule has 13 heavy (non-hydrogen) atoms. The molecule has 0 aromatic rings. The number of hydrogen-bond acceptors (Lipinski definition) is 0. The molecule has 0 bridgehead atoms. The van der Waals surface area contributed by atoms with Gasteiger partial charge in [0.05, 0.1) is 0 Å². The third kappa shape index (κ3) is 1200. The first-order chi connectivity index (χ1) is 4.00. The van der Waals surface area contributed by atoms with E-state index in [4.69, 9.17) is 0 Å². The molecule has 0 rings (SSSR count). The first kappa shape index (κ1) is 29.2. The van der Waals surface area contributed by atoms with E-state index in [2.05, 4.69) is 55.4 Å². The van der Waals surface area contributed by atoms with Crippen LogP contribution in [0.5, 0.6) is 0 Å². The van der Waals surface area contributed by atoms with Crippen LogP contribution in [-0.4, -0.2) is 0 Å². The van der Waals surface area contributed by atoms with E-state index >= 15 is 0 Å². The molecule has 0 aliphatic rings. The molecule has 0 atom stereocenters. The molecule has 0 amide bonds. The van der Waals surface area contributed by atoms with E-state index < -0.39 is 0 Å². The number of hydrogen-bond donors (Lipinski definition) is 0. The fourth-order valence-electron chi connectivity index (χ4n) is 0. The van der Waals surface area contributed by atoms with Gasteiger partial charge >= 0.3 is 18.6 Å². The van der Waals surface area contributed by atoms with Crippen LogP contribution in [0.2, 0.25) is 0 Å². The summed E-state index contributed by atoms with van der Waals surface area (Å²) in [5.74, 6) is 0. The molecule has 2 heteroatoms. The first-order valence-corrected chi connectivity index (χ1v) is 3.71. The van der Waals surface area contributed by atoms with Crippen LogP contribution < -0.4 is 0 Å². The van der Waals surface area contributed by atoms with Gasteiger partial charge < -0.3 is 21.3 Å². The van der Waals surface area contributed by atoms with Crippen molar-refractivity contribution in [3.63, 3.8) is 0 Å². The maximum atomic E-state index is 3.77. The fourth-order valence-corrected chi connectivity index (χ4v) is 0. The first-order valence-electron chi connectivity index (χ1n) is 3.71. The Labute approximate surface area is 110 Å². The summed E-state index contributed by atoms with van der Waals surface area (Å²) < 4.78 is 0. The third-order valence-corrected chi connectivity index (χ3v) is 0. The Hall–Kier alpha value is 1.17. The molecule has 0 saturated carbocycles. The van der Waals surface area contributed by atoms with E-state index in [1.165, 1.54) is 0 Å². The van der Waals surface area contributed by atoms with Crippen LogP contribution in [0.1, 0.15) is 41.5 Å². The summed E-state index contributed by atoms with van der Waals surface area (Å²) in [6, 6.07) is 0. The van der Waals surface area contributed by atoms with Gasteiger partial charge in [0.25, 0.3) is 0 Å². The minimum Gasteiger partial charge on any atom is -0.358 e. The molecule has 0 spiro atoms. The SMILES string of the molecule is [CH2-]C(C)(C)C.[CH2-]C(C)(C)C.[CH3-].[V+2].[V]. The van der Waals surface area contributed by atoms with E-state index in [9.17, 15) is 0 Å². The van der Waals surface area contributed by atoms with Crippen LogP contribution in [0.15, 0.2) is 0 Å². The summed E-state index contributed by atoms with van der Waals surface area (Å²) in [7, 11) is 0. The van der Waals surface area contributed by atoms with Gasteiger partial charge in [0.2, 0.25) is 0 Å². The van der Waals surface area contributed by atoms with Gasteiger partial charge in [-0.15, -0.1) is 0 Å². The normalized spacial score (nSPS) is 9.23. The molecule has 0 aliphatic heterocycles. The molecule has 0 saturated heterocycles. The van der Waals surface area contributed by atoms with Crippen molar-refractivity contribution < 1.29 is 37.1 Å². The van der Waals surface area contributed by atoms with Crippen molar-refractivity contribution >= 4 is 0 Å². The smallest absolute Gasteiger partial charge is 0.358 e. The Kier molecular flexibility index (Phi) is 25.3. The van der Waals surface area contributed by atoms with E-state index in [0.717, 1.165) is 0 Å². The van der Waals surface area contributed by atoms with Gasteiger partial charge in [0.15, 0.2) is 0 Å². The molecule has 0 unspecified atom stereocenters. The van der Waals surface area contributed by atoms with E-state index in [1.54, 1.807) is 0 Å². The van der Waals surface area contributed by atoms with Crippen molar-refractivity contribution in [2.45, 2.75) is 41.5 Å². The maximum Gasteiger partial charge on any atom is 2.00 e. The second kappa shape index (κ2) is 11.2.